The molecule has 1 heterocycles. The van der Waals surface area contributed by atoms with Crippen LogP contribution < -0.4 is 0 Å². The number of rotatable bonds is 11. The van der Waals surface area contributed by atoms with Crippen LogP contribution in [0.15, 0.2) is 24.0 Å². The SMILES string of the molecule is CCCCC[C@H](O)C=C[C@@H]1[C@H]2C/C(=C/CCCC(=O)O)O[C@@H]2C[C@H]1OC. The van der Waals surface area contributed by atoms with Crippen LogP contribution in [0.4, 0.5) is 0 Å². The van der Waals surface area contributed by atoms with Crippen molar-refractivity contribution >= 4 is 5.97 Å². The summed E-state index contributed by atoms with van der Waals surface area (Å²) in [7, 11) is 1.74. The fraction of sp³-hybridized carbons (Fsp3) is 0.762. The quantitative estimate of drug-likeness (QED) is 0.426. The molecule has 0 aromatic rings. The van der Waals surface area contributed by atoms with Crippen LogP contribution in [0, 0.1) is 11.8 Å². The van der Waals surface area contributed by atoms with Gasteiger partial charge in [-0.05, 0) is 25.3 Å². The summed E-state index contributed by atoms with van der Waals surface area (Å²) in [6.45, 7) is 2.16. The monoisotopic (exact) mass is 366 g/mol. The van der Waals surface area contributed by atoms with E-state index in [1.54, 1.807) is 7.11 Å². The van der Waals surface area contributed by atoms with E-state index in [4.69, 9.17) is 14.6 Å². The molecule has 2 rings (SSSR count). The van der Waals surface area contributed by atoms with Gasteiger partial charge in [0.05, 0.1) is 18.0 Å². The van der Waals surface area contributed by atoms with Gasteiger partial charge in [-0.1, -0.05) is 38.3 Å². The lowest BCUT2D eigenvalue weighted by Crippen LogP contribution is -2.20. The lowest BCUT2D eigenvalue weighted by molar-refractivity contribution is -0.137. The van der Waals surface area contributed by atoms with Crippen molar-refractivity contribution in [2.24, 2.45) is 11.8 Å². The Hall–Kier alpha value is -1.33. The Morgan fingerprint density at radius 1 is 1.38 bits per heavy atom. The molecule has 1 saturated heterocycles. The molecular weight excluding hydrogens is 332 g/mol. The average Bonchev–Trinajstić information content (AvgIpc) is 3.14. The molecule has 2 aliphatic rings. The third kappa shape index (κ3) is 6.13. The summed E-state index contributed by atoms with van der Waals surface area (Å²) in [5.74, 6) is 0.876. The normalized spacial score (nSPS) is 30.7. The Balaban J connectivity index is 1.88. The average molecular weight is 366 g/mol. The molecule has 2 N–H and O–H groups in total. The fourth-order valence-corrected chi connectivity index (χ4v) is 4.09. The van der Waals surface area contributed by atoms with Crippen molar-refractivity contribution in [1.82, 2.24) is 0 Å². The number of aliphatic hydroxyl groups is 1. The molecule has 5 nitrogen and oxygen atoms in total. The number of aliphatic carboxylic acids is 1. The molecule has 0 aromatic heterocycles. The van der Waals surface area contributed by atoms with Gasteiger partial charge in [-0.2, -0.15) is 0 Å². The van der Waals surface area contributed by atoms with Crippen LogP contribution >= 0.6 is 0 Å². The number of hydrogen-bond donors (Lipinski definition) is 2. The lowest BCUT2D eigenvalue weighted by atomic mass is 9.90. The molecule has 1 aliphatic heterocycles. The van der Waals surface area contributed by atoms with Gasteiger partial charge < -0.3 is 19.7 Å². The van der Waals surface area contributed by atoms with Gasteiger partial charge >= 0.3 is 5.97 Å². The third-order valence-electron chi connectivity index (χ3n) is 5.53. The maximum atomic E-state index is 10.6. The minimum atomic E-state index is -0.752. The molecule has 0 radical (unpaired) electrons. The van der Waals surface area contributed by atoms with E-state index in [-0.39, 0.29) is 30.7 Å². The number of methoxy groups -OCH3 is 1. The Labute approximate surface area is 157 Å². The first-order valence-corrected chi connectivity index (χ1v) is 10.0. The van der Waals surface area contributed by atoms with Gasteiger partial charge in [0.1, 0.15) is 6.10 Å². The predicted molar refractivity (Wildman–Crippen MR) is 101 cm³/mol. The fourth-order valence-electron chi connectivity index (χ4n) is 4.09. The molecule has 148 valence electrons. The Kier molecular flexibility index (Phi) is 8.66. The number of hydrogen-bond acceptors (Lipinski definition) is 4. The van der Waals surface area contributed by atoms with Crippen molar-refractivity contribution in [3.63, 3.8) is 0 Å². The summed E-state index contributed by atoms with van der Waals surface area (Å²) in [6.07, 6.45) is 13.5. The Morgan fingerprint density at radius 3 is 2.88 bits per heavy atom. The summed E-state index contributed by atoms with van der Waals surface area (Å²) >= 11 is 0. The van der Waals surface area contributed by atoms with E-state index in [1.807, 2.05) is 12.2 Å². The number of carboxylic acids is 1. The zero-order valence-corrected chi connectivity index (χ0v) is 16.1. The van der Waals surface area contributed by atoms with Crippen LogP contribution in [-0.2, 0) is 14.3 Å². The third-order valence-corrected chi connectivity index (χ3v) is 5.53. The summed E-state index contributed by atoms with van der Waals surface area (Å²) in [6, 6.07) is 0. The van der Waals surface area contributed by atoms with Gasteiger partial charge in [-0.3, -0.25) is 4.79 Å². The molecule has 0 aromatic carbocycles. The Morgan fingerprint density at radius 2 is 2.19 bits per heavy atom. The molecule has 1 saturated carbocycles. The van der Waals surface area contributed by atoms with Crippen LogP contribution in [0.2, 0.25) is 0 Å². The van der Waals surface area contributed by atoms with Gasteiger partial charge in [0.25, 0.3) is 0 Å². The molecular formula is C21H34O5. The largest absolute Gasteiger partial charge is 0.495 e. The maximum Gasteiger partial charge on any atom is 0.303 e. The first-order valence-electron chi connectivity index (χ1n) is 10.0. The molecule has 5 heteroatoms. The van der Waals surface area contributed by atoms with Gasteiger partial charge in [-0.25, -0.2) is 0 Å². The van der Waals surface area contributed by atoms with E-state index < -0.39 is 5.97 Å². The van der Waals surface area contributed by atoms with Gasteiger partial charge in [0, 0.05) is 38.2 Å². The van der Waals surface area contributed by atoms with E-state index >= 15 is 0 Å². The summed E-state index contributed by atoms with van der Waals surface area (Å²) in [5.41, 5.74) is 0. The highest BCUT2D eigenvalue weighted by Crippen LogP contribution is 2.46. The van der Waals surface area contributed by atoms with Crippen LogP contribution in [0.3, 0.4) is 0 Å². The van der Waals surface area contributed by atoms with Crippen LogP contribution in [-0.4, -0.2) is 41.6 Å². The summed E-state index contributed by atoms with van der Waals surface area (Å²) in [5, 5.41) is 18.9. The van der Waals surface area contributed by atoms with Gasteiger partial charge in [0.15, 0.2) is 0 Å². The topological polar surface area (TPSA) is 76.0 Å². The van der Waals surface area contributed by atoms with Crippen molar-refractivity contribution < 1.29 is 24.5 Å². The number of carboxylic acid groups (broad SMARTS) is 1. The second-order valence-corrected chi connectivity index (χ2v) is 7.52. The van der Waals surface area contributed by atoms with Crippen molar-refractivity contribution in [3.8, 4) is 0 Å². The van der Waals surface area contributed by atoms with Crippen molar-refractivity contribution in [2.75, 3.05) is 7.11 Å². The zero-order chi connectivity index (χ0) is 18.9. The van der Waals surface area contributed by atoms with E-state index in [2.05, 4.69) is 13.0 Å². The number of allylic oxidation sites excluding steroid dienone is 2. The summed E-state index contributed by atoms with van der Waals surface area (Å²) < 4.78 is 11.7. The molecule has 1 aliphatic carbocycles. The number of aliphatic hydroxyl groups excluding tert-OH is 1. The highest BCUT2D eigenvalue weighted by molar-refractivity contribution is 5.66. The number of ether oxygens (including phenoxy) is 2. The number of carbonyl (C=O) groups is 1. The molecule has 2 fully saturated rings. The first kappa shape index (κ1) is 21.0. The molecule has 26 heavy (non-hydrogen) atoms. The minimum absolute atomic E-state index is 0.137. The highest BCUT2D eigenvalue weighted by Gasteiger charge is 2.47. The van der Waals surface area contributed by atoms with Crippen LogP contribution in [0.1, 0.15) is 64.7 Å². The molecule has 0 bridgehead atoms. The van der Waals surface area contributed by atoms with E-state index in [0.717, 1.165) is 50.7 Å². The smallest absolute Gasteiger partial charge is 0.303 e. The van der Waals surface area contributed by atoms with Gasteiger partial charge in [-0.15, -0.1) is 0 Å². The molecule has 0 amide bonds. The number of unbranched alkanes of at least 4 members (excludes halogenated alkanes) is 3. The highest BCUT2D eigenvalue weighted by atomic mass is 16.5. The molecule has 0 spiro atoms. The Bertz CT molecular complexity index is 499. The lowest BCUT2D eigenvalue weighted by Gasteiger charge is -2.19. The first-order chi connectivity index (χ1) is 12.5. The minimum Gasteiger partial charge on any atom is -0.495 e. The van der Waals surface area contributed by atoms with Gasteiger partial charge in [0.2, 0.25) is 0 Å². The van der Waals surface area contributed by atoms with E-state index in [9.17, 15) is 9.90 Å². The van der Waals surface area contributed by atoms with E-state index in [1.165, 1.54) is 0 Å². The predicted octanol–water partition coefficient (Wildman–Crippen LogP) is 4.06. The molecule has 0 unspecified atom stereocenters. The van der Waals surface area contributed by atoms with Crippen molar-refractivity contribution in [2.45, 2.75) is 83.0 Å². The van der Waals surface area contributed by atoms with Crippen molar-refractivity contribution in [1.29, 1.82) is 0 Å². The standard InChI is InChI=1S/C21H34O5/c1-3-4-5-8-15(22)11-12-17-18-13-16(9-6-7-10-21(23)24)26-20(18)14-19(17)25-2/h9,11-12,15,17-20,22H,3-8,10,13-14H2,1-2H3,(H,23,24)/b12-11?,16-9-/t15-,17+,18+,19+,20+/m0/s1. The summed E-state index contributed by atoms with van der Waals surface area (Å²) in [4.78, 5) is 10.6. The van der Waals surface area contributed by atoms with Crippen molar-refractivity contribution in [3.05, 3.63) is 24.0 Å². The molecule has 5 atom stereocenters. The van der Waals surface area contributed by atoms with Crippen LogP contribution in [0.25, 0.3) is 0 Å². The van der Waals surface area contributed by atoms with E-state index in [0.29, 0.717) is 12.3 Å². The maximum absolute atomic E-state index is 10.6. The second kappa shape index (κ2) is 10.7. The van der Waals surface area contributed by atoms with Crippen LogP contribution in [0.5, 0.6) is 0 Å². The second-order valence-electron chi connectivity index (χ2n) is 7.52. The number of fused-ring (bicyclic) bond motifs is 1. The zero-order valence-electron chi connectivity index (χ0n) is 16.1.